The fourth-order valence-electron chi connectivity index (χ4n) is 2.64. The van der Waals surface area contributed by atoms with Crippen LogP contribution in [-0.4, -0.2) is 8.42 Å². The maximum absolute atomic E-state index is 10.9. The minimum Gasteiger partial charge on any atom is -0.227 e. The van der Waals surface area contributed by atoms with Crippen LogP contribution >= 0.6 is 0 Å². The number of aryl methyl sites for hydroxylation is 1. The lowest BCUT2D eigenvalue weighted by molar-refractivity contribution is 0.556. The third kappa shape index (κ3) is 8.92. The highest BCUT2D eigenvalue weighted by atomic mass is 32.2. The largest absolute Gasteiger partial charge is 0.227 e. The first-order chi connectivity index (χ1) is 10.2. The molecule has 0 aliphatic carbocycles. The summed E-state index contributed by atoms with van der Waals surface area (Å²) in [4.78, 5) is 0.439. The Balaban J connectivity index is 2.03. The first-order valence-electron chi connectivity index (χ1n) is 8.47. The molecule has 0 saturated heterocycles. The van der Waals surface area contributed by atoms with Crippen molar-refractivity contribution in [3.63, 3.8) is 0 Å². The lowest BCUT2D eigenvalue weighted by Crippen LogP contribution is -1.89. The maximum atomic E-state index is 10.9. The van der Waals surface area contributed by atoms with Crippen LogP contribution in [0.4, 0.5) is 0 Å². The van der Waals surface area contributed by atoms with Crippen molar-refractivity contribution >= 4 is 10.7 Å². The van der Waals surface area contributed by atoms with Gasteiger partial charge in [0, 0.05) is 0 Å². The Morgan fingerprint density at radius 3 is 1.95 bits per heavy atom. The Kier molecular flexibility index (Phi) is 10.2. The van der Waals surface area contributed by atoms with Gasteiger partial charge in [-0.3, -0.25) is 0 Å². The predicted octanol–water partition coefficient (Wildman–Crippen LogP) is 5.12. The number of rotatable bonds is 12. The van der Waals surface area contributed by atoms with Crippen LogP contribution in [0.5, 0.6) is 0 Å². The third-order valence-corrected chi connectivity index (χ3v) is 4.64. The Morgan fingerprint density at radius 2 is 1.38 bits per heavy atom. The zero-order valence-electron chi connectivity index (χ0n) is 13.4. The molecule has 0 spiro atoms. The summed E-state index contributed by atoms with van der Waals surface area (Å²) >= 11 is 0. The summed E-state index contributed by atoms with van der Waals surface area (Å²) < 4.78 is 21.9. The standard InChI is InChI=1S/C18H30O2S/c1-2-3-4-5-6-7-8-9-10-11-13-17-14-12-15-18(16-17)21(19)20/h12,14-16,21H,2-11,13H2,1H3. The van der Waals surface area contributed by atoms with E-state index in [0.717, 1.165) is 18.4 Å². The summed E-state index contributed by atoms with van der Waals surface area (Å²) in [5, 5.41) is 0. The van der Waals surface area contributed by atoms with Crippen LogP contribution in [0.25, 0.3) is 0 Å². The minimum atomic E-state index is -2.45. The summed E-state index contributed by atoms with van der Waals surface area (Å²) in [5.74, 6) is 0. The molecule has 0 radical (unpaired) electrons. The van der Waals surface area contributed by atoms with Gasteiger partial charge in [0.25, 0.3) is 0 Å². The van der Waals surface area contributed by atoms with Gasteiger partial charge in [-0.15, -0.1) is 0 Å². The SMILES string of the molecule is CCCCCCCCCCCCc1cccc([SH](=O)=O)c1. The topological polar surface area (TPSA) is 34.1 Å². The van der Waals surface area contributed by atoms with E-state index in [1.807, 2.05) is 12.1 Å². The van der Waals surface area contributed by atoms with Gasteiger partial charge >= 0.3 is 0 Å². The van der Waals surface area contributed by atoms with Gasteiger partial charge in [0.2, 0.25) is 0 Å². The molecule has 1 aromatic carbocycles. The first kappa shape index (κ1) is 18.2. The quantitative estimate of drug-likeness (QED) is 0.429. The number of unbranched alkanes of at least 4 members (excludes halogenated alkanes) is 9. The molecule has 1 rings (SSSR count). The molecular weight excluding hydrogens is 280 g/mol. The second-order valence-electron chi connectivity index (χ2n) is 5.86. The Morgan fingerprint density at radius 1 is 0.810 bits per heavy atom. The highest BCUT2D eigenvalue weighted by molar-refractivity contribution is 7.72. The average Bonchev–Trinajstić information content (AvgIpc) is 2.49. The van der Waals surface area contributed by atoms with E-state index in [-0.39, 0.29) is 0 Å². The van der Waals surface area contributed by atoms with Crippen LogP contribution in [0, 0.1) is 0 Å². The van der Waals surface area contributed by atoms with E-state index in [1.165, 1.54) is 57.8 Å². The smallest absolute Gasteiger partial charge is 0.168 e. The van der Waals surface area contributed by atoms with Crippen molar-refractivity contribution in [1.82, 2.24) is 0 Å². The van der Waals surface area contributed by atoms with Gasteiger partial charge in [0.1, 0.15) is 0 Å². The van der Waals surface area contributed by atoms with E-state index in [4.69, 9.17) is 0 Å². The molecule has 1 aromatic rings. The van der Waals surface area contributed by atoms with E-state index in [0.29, 0.717) is 4.90 Å². The Labute approximate surface area is 131 Å². The summed E-state index contributed by atoms with van der Waals surface area (Å²) in [5.41, 5.74) is 1.14. The molecular formula is C18H30O2S. The fraction of sp³-hybridized carbons (Fsp3) is 0.667. The minimum absolute atomic E-state index is 0.439. The van der Waals surface area contributed by atoms with E-state index in [9.17, 15) is 8.42 Å². The highest BCUT2D eigenvalue weighted by Crippen LogP contribution is 2.13. The van der Waals surface area contributed by atoms with Crippen molar-refractivity contribution in [2.75, 3.05) is 0 Å². The molecule has 0 heterocycles. The van der Waals surface area contributed by atoms with Gasteiger partial charge < -0.3 is 0 Å². The van der Waals surface area contributed by atoms with Crippen molar-refractivity contribution in [3.8, 4) is 0 Å². The van der Waals surface area contributed by atoms with Gasteiger partial charge in [0.15, 0.2) is 10.7 Å². The van der Waals surface area contributed by atoms with Crippen LogP contribution in [0.15, 0.2) is 29.2 Å². The third-order valence-electron chi connectivity index (χ3n) is 3.94. The van der Waals surface area contributed by atoms with E-state index in [1.54, 1.807) is 12.1 Å². The molecule has 120 valence electrons. The van der Waals surface area contributed by atoms with Crippen LogP contribution in [0.2, 0.25) is 0 Å². The molecule has 0 N–H and O–H groups in total. The second kappa shape index (κ2) is 11.8. The summed E-state index contributed by atoms with van der Waals surface area (Å²) in [6, 6.07) is 7.33. The van der Waals surface area contributed by atoms with Gasteiger partial charge in [-0.05, 0) is 30.5 Å². The van der Waals surface area contributed by atoms with Crippen molar-refractivity contribution in [2.45, 2.75) is 82.4 Å². The maximum Gasteiger partial charge on any atom is 0.168 e. The monoisotopic (exact) mass is 310 g/mol. The molecule has 3 heteroatoms. The summed E-state index contributed by atoms with van der Waals surface area (Å²) in [7, 11) is -2.45. The molecule has 2 nitrogen and oxygen atoms in total. The lowest BCUT2D eigenvalue weighted by Gasteiger charge is -2.03. The molecule has 0 unspecified atom stereocenters. The molecule has 0 aliphatic rings. The van der Waals surface area contributed by atoms with E-state index < -0.39 is 10.7 Å². The number of hydrogen-bond acceptors (Lipinski definition) is 2. The van der Waals surface area contributed by atoms with Crippen molar-refractivity contribution in [2.24, 2.45) is 0 Å². The van der Waals surface area contributed by atoms with Gasteiger partial charge in [-0.25, -0.2) is 8.42 Å². The number of hydrogen-bond donors (Lipinski definition) is 1. The van der Waals surface area contributed by atoms with Gasteiger partial charge in [-0.2, -0.15) is 0 Å². The molecule has 0 aromatic heterocycles. The predicted molar refractivity (Wildman–Crippen MR) is 90.6 cm³/mol. The Bertz CT molecular complexity index is 444. The number of benzene rings is 1. The molecule has 0 saturated carbocycles. The zero-order valence-corrected chi connectivity index (χ0v) is 14.2. The average molecular weight is 311 g/mol. The molecule has 0 amide bonds. The second-order valence-corrected chi connectivity index (χ2v) is 6.89. The van der Waals surface area contributed by atoms with Crippen LogP contribution in [-0.2, 0) is 17.1 Å². The van der Waals surface area contributed by atoms with Crippen LogP contribution in [0.3, 0.4) is 0 Å². The molecule has 0 atom stereocenters. The summed E-state index contributed by atoms with van der Waals surface area (Å²) in [6.07, 6.45) is 14.3. The highest BCUT2D eigenvalue weighted by Gasteiger charge is 1.98. The number of thiol groups is 1. The fourth-order valence-corrected chi connectivity index (χ4v) is 3.12. The first-order valence-corrected chi connectivity index (χ1v) is 9.65. The van der Waals surface area contributed by atoms with Crippen LogP contribution in [0.1, 0.15) is 76.7 Å². The van der Waals surface area contributed by atoms with Crippen molar-refractivity contribution in [1.29, 1.82) is 0 Å². The lowest BCUT2D eigenvalue weighted by atomic mass is 10.0. The zero-order chi connectivity index (χ0) is 15.3. The van der Waals surface area contributed by atoms with E-state index in [2.05, 4.69) is 6.92 Å². The molecule has 0 fully saturated rings. The van der Waals surface area contributed by atoms with Crippen molar-refractivity contribution in [3.05, 3.63) is 29.8 Å². The van der Waals surface area contributed by atoms with Crippen molar-refractivity contribution < 1.29 is 8.42 Å². The summed E-state index contributed by atoms with van der Waals surface area (Å²) in [6.45, 7) is 2.25. The van der Waals surface area contributed by atoms with Crippen LogP contribution < -0.4 is 0 Å². The molecule has 0 aliphatic heterocycles. The molecule has 0 bridgehead atoms. The normalized spacial score (nSPS) is 11.1. The van der Waals surface area contributed by atoms with E-state index >= 15 is 0 Å². The molecule has 21 heavy (non-hydrogen) atoms. The van der Waals surface area contributed by atoms with Gasteiger partial charge in [-0.1, -0.05) is 76.8 Å². The Hall–Kier alpha value is -0.830. The van der Waals surface area contributed by atoms with Gasteiger partial charge in [0.05, 0.1) is 4.90 Å².